The summed E-state index contributed by atoms with van der Waals surface area (Å²) in [6, 6.07) is 2.08. The van der Waals surface area contributed by atoms with Crippen LogP contribution in [0, 0.1) is 0 Å². The van der Waals surface area contributed by atoms with Crippen LogP contribution in [0.15, 0.2) is 10.7 Å². The number of nitrogens with two attached hydrogens (primary N) is 1. The van der Waals surface area contributed by atoms with Crippen molar-refractivity contribution in [1.82, 2.24) is 9.78 Å². The first-order valence-electron chi connectivity index (χ1n) is 4.86. The monoisotopic (exact) mass is 257 g/mol. The van der Waals surface area contributed by atoms with Gasteiger partial charge in [-0.25, -0.2) is 0 Å². The van der Waals surface area contributed by atoms with Gasteiger partial charge < -0.3 is 5.73 Å². The molecule has 2 rings (SSSR count). The van der Waals surface area contributed by atoms with Crippen molar-refractivity contribution in [2.24, 2.45) is 12.8 Å². The third kappa shape index (κ3) is 1.32. The number of hydrogen-bond acceptors (Lipinski definition) is 2. The van der Waals surface area contributed by atoms with Crippen LogP contribution in [0.3, 0.4) is 0 Å². The molecule has 0 unspecified atom stereocenters. The predicted molar refractivity (Wildman–Crippen MR) is 60.1 cm³/mol. The van der Waals surface area contributed by atoms with Crippen molar-refractivity contribution in [2.45, 2.75) is 37.6 Å². The second-order valence-corrected chi connectivity index (χ2v) is 5.59. The lowest BCUT2D eigenvalue weighted by Crippen LogP contribution is -2.46. The number of aromatic nitrogens is 2. The highest BCUT2D eigenvalue weighted by molar-refractivity contribution is 9.10. The van der Waals surface area contributed by atoms with E-state index in [0.717, 1.165) is 4.60 Å². The average Bonchev–Trinajstić information content (AvgIpc) is 2.73. The first kappa shape index (κ1) is 10.2. The van der Waals surface area contributed by atoms with Crippen molar-refractivity contribution in [3.8, 4) is 0 Å². The molecule has 1 aromatic heterocycles. The van der Waals surface area contributed by atoms with E-state index >= 15 is 0 Å². The highest BCUT2D eigenvalue weighted by Gasteiger charge is 2.55. The van der Waals surface area contributed by atoms with Crippen molar-refractivity contribution < 1.29 is 0 Å². The third-order valence-electron chi connectivity index (χ3n) is 3.32. The van der Waals surface area contributed by atoms with Gasteiger partial charge in [0.05, 0.1) is 0 Å². The molecule has 1 aliphatic rings. The summed E-state index contributed by atoms with van der Waals surface area (Å²) in [4.78, 5) is 0. The van der Waals surface area contributed by atoms with Gasteiger partial charge in [0.25, 0.3) is 0 Å². The van der Waals surface area contributed by atoms with E-state index in [2.05, 4.69) is 40.9 Å². The van der Waals surface area contributed by atoms with Gasteiger partial charge in [-0.2, -0.15) is 5.10 Å². The minimum atomic E-state index is -0.166. The van der Waals surface area contributed by atoms with Gasteiger partial charge in [-0.1, -0.05) is 0 Å². The Hall–Kier alpha value is -0.350. The van der Waals surface area contributed by atoms with Gasteiger partial charge in [0.2, 0.25) is 0 Å². The normalized spacial score (nSPS) is 19.8. The second-order valence-electron chi connectivity index (χ2n) is 4.78. The van der Waals surface area contributed by atoms with E-state index in [0.29, 0.717) is 0 Å². The van der Waals surface area contributed by atoms with Crippen molar-refractivity contribution in [1.29, 1.82) is 0 Å². The Labute approximate surface area is 92.8 Å². The van der Waals surface area contributed by atoms with Crippen LogP contribution in [-0.4, -0.2) is 15.3 Å². The molecule has 14 heavy (non-hydrogen) atoms. The molecule has 0 saturated heterocycles. The molecule has 0 aliphatic heterocycles. The topological polar surface area (TPSA) is 43.8 Å². The van der Waals surface area contributed by atoms with E-state index in [1.807, 2.05) is 11.7 Å². The number of halogens is 1. The lowest BCUT2D eigenvalue weighted by atomic mass is 9.82. The van der Waals surface area contributed by atoms with E-state index in [1.165, 1.54) is 18.5 Å². The van der Waals surface area contributed by atoms with Crippen LogP contribution in [0.1, 0.15) is 32.4 Å². The van der Waals surface area contributed by atoms with Gasteiger partial charge in [-0.05, 0) is 48.7 Å². The molecule has 0 radical (unpaired) electrons. The van der Waals surface area contributed by atoms with Gasteiger partial charge in [0.1, 0.15) is 4.60 Å². The van der Waals surface area contributed by atoms with Crippen LogP contribution in [0.4, 0.5) is 0 Å². The molecule has 78 valence electrons. The maximum atomic E-state index is 6.23. The number of nitrogens with zero attached hydrogens (tertiary/aromatic N) is 2. The van der Waals surface area contributed by atoms with E-state index in [4.69, 9.17) is 5.73 Å². The lowest BCUT2D eigenvalue weighted by Gasteiger charge is -2.30. The van der Waals surface area contributed by atoms with E-state index in [9.17, 15) is 0 Å². The fraction of sp³-hybridized carbons (Fsp3) is 0.700. The fourth-order valence-corrected chi connectivity index (χ4v) is 2.69. The fourth-order valence-electron chi connectivity index (χ4n) is 2.24. The van der Waals surface area contributed by atoms with Crippen LogP contribution in [0.2, 0.25) is 0 Å². The van der Waals surface area contributed by atoms with Gasteiger partial charge in [0.15, 0.2) is 0 Å². The van der Waals surface area contributed by atoms with Crippen LogP contribution < -0.4 is 5.73 Å². The molecule has 4 heteroatoms. The maximum absolute atomic E-state index is 6.23. The number of aryl methyl sites for hydroxylation is 1. The average molecular weight is 258 g/mol. The third-order valence-corrected chi connectivity index (χ3v) is 3.71. The van der Waals surface area contributed by atoms with Crippen LogP contribution in [0.25, 0.3) is 0 Å². The van der Waals surface area contributed by atoms with Gasteiger partial charge in [0, 0.05) is 23.7 Å². The predicted octanol–water partition coefficient (Wildman–Crippen LogP) is 1.95. The molecule has 0 atom stereocenters. The summed E-state index contributed by atoms with van der Waals surface area (Å²) in [7, 11) is 1.98. The largest absolute Gasteiger partial charge is 0.325 e. The molecule has 0 bridgehead atoms. The van der Waals surface area contributed by atoms with Gasteiger partial charge in [-0.3, -0.25) is 4.68 Å². The Kier molecular flexibility index (Phi) is 2.05. The SMILES string of the molecule is Cn1nc(Br)cc1C1(C(C)(C)N)CC1. The zero-order valence-corrected chi connectivity index (χ0v) is 10.4. The molecule has 1 saturated carbocycles. The minimum Gasteiger partial charge on any atom is -0.325 e. The molecule has 0 amide bonds. The second kappa shape index (κ2) is 2.83. The van der Waals surface area contributed by atoms with E-state index < -0.39 is 0 Å². The van der Waals surface area contributed by atoms with E-state index in [1.54, 1.807) is 0 Å². The van der Waals surface area contributed by atoms with Crippen LogP contribution in [-0.2, 0) is 12.5 Å². The Balaban J connectivity index is 2.45. The Bertz CT molecular complexity index is 358. The summed E-state index contributed by atoms with van der Waals surface area (Å²) in [5.41, 5.74) is 7.45. The molecule has 0 aromatic carbocycles. The first-order chi connectivity index (χ1) is 6.37. The molecule has 0 spiro atoms. The standard InChI is InChI=1S/C10H16BrN3/c1-9(2,12)10(4-5-10)7-6-8(11)13-14(7)3/h6H,4-5,12H2,1-3H3. The first-order valence-corrected chi connectivity index (χ1v) is 5.65. The number of rotatable bonds is 2. The molecule has 1 fully saturated rings. The zero-order valence-electron chi connectivity index (χ0n) is 8.84. The van der Waals surface area contributed by atoms with Gasteiger partial charge in [-0.15, -0.1) is 0 Å². The lowest BCUT2D eigenvalue weighted by molar-refractivity contribution is 0.372. The molecule has 1 aromatic rings. The maximum Gasteiger partial charge on any atom is 0.128 e. The quantitative estimate of drug-likeness (QED) is 0.881. The van der Waals surface area contributed by atoms with Crippen molar-refractivity contribution >= 4 is 15.9 Å². The van der Waals surface area contributed by atoms with Crippen LogP contribution in [0.5, 0.6) is 0 Å². The van der Waals surface area contributed by atoms with Crippen molar-refractivity contribution in [3.63, 3.8) is 0 Å². The summed E-state index contributed by atoms with van der Waals surface area (Å²) in [6.07, 6.45) is 2.34. The zero-order chi connectivity index (χ0) is 10.6. The molecular formula is C10H16BrN3. The summed E-state index contributed by atoms with van der Waals surface area (Å²) < 4.78 is 2.83. The highest BCUT2D eigenvalue weighted by Crippen LogP contribution is 2.54. The van der Waals surface area contributed by atoms with Crippen molar-refractivity contribution in [2.75, 3.05) is 0 Å². The Morgan fingerprint density at radius 2 is 2.14 bits per heavy atom. The Morgan fingerprint density at radius 3 is 2.43 bits per heavy atom. The smallest absolute Gasteiger partial charge is 0.128 e. The summed E-state index contributed by atoms with van der Waals surface area (Å²) in [5, 5.41) is 4.31. The Morgan fingerprint density at radius 1 is 1.57 bits per heavy atom. The molecule has 3 nitrogen and oxygen atoms in total. The van der Waals surface area contributed by atoms with Crippen molar-refractivity contribution in [3.05, 3.63) is 16.4 Å². The van der Waals surface area contributed by atoms with E-state index in [-0.39, 0.29) is 11.0 Å². The molecular weight excluding hydrogens is 242 g/mol. The minimum absolute atomic E-state index is 0.140. The summed E-state index contributed by atoms with van der Waals surface area (Å²) in [5.74, 6) is 0. The highest BCUT2D eigenvalue weighted by atomic mass is 79.9. The molecule has 1 aliphatic carbocycles. The summed E-state index contributed by atoms with van der Waals surface area (Å²) >= 11 is 3.40. The molecule has 1 heterocycles. The molecule has 2 N–H and O–H groups in total. The van der Waals surface area contributed by atoms with Gasteiger partial charge >= 0.3 is 0 Å². The van der Waals surface area contributed by atoms with Crippen LogP contribution >= 0.6 is 15.9 Å². The number of hydrogen-bond donors (Lipinski definition) is 1. The summed E-state index contributed by atoms with van der Waals surface area (Å²) in [6.45, 7) is 4.20.